The summed E-state index contributed by atoms with van der Waals surface area (Å²) in [4.78, 5) is 0. The largest absolute Gasteiger partial charge is 0.618 e. The summed E-state index contributed by atoms with van der Waals surface area (Å²) < 4.78 is 9.25. The Morgan fingerprint density at radius 3 is 1.40 bits per heavy atom. The molecule has 0 aromatic heterocycles. The van der Waals surface area contributed by atoms with E-state index in [1.54, 1.807) is 7.18 Å². The van der Waals surface area contributed by atoms with Crippen LogP contribution in [0.5, 0.6) is 0 Å². The van der Waals surface area contributed by atoms with Crippen LogP contribution in [0.2, 0.25) is 0 Å². The van der Waals surface area contributed by atoms with Gasteiger partial charge in [0.25, 0.3) is 0 Å². The molecule has 0 fully saturated rings. The Morgan fingerprint density at radius 1 is 1.40 bits per heavy atom. The van der Waals surface area contributed by atoms with Gasteiger partial charge in [0.05, 0.1) is 0 Å². The topological polar surface area (TPSA) is 0 Å². The first-order valence-corrected chi connectivity index (χ1v) is 5.08. The van der Waals surface area contributed by atoms with Crippen molar-refractivity contribution in [3.63, 3.8) is 0 Å². The Balaban J connectivity index is 0. The van der Waals surface area contributed by atoms with Crippen LogP contribution in [0.15, 0.2) is 0 Å². The van der Waals surface area contributed by atoms with Gasteiger partial charge in [-0.05, 0) is 0 Å². The first kappa shape index (κ1) is 9.55. The fourth-order valence-electron chi connectivity index (χ4n) is 0. The molecule has 0 bridgehead atoms. The average molecular weight is 128 g/mol. The molecule has 0 heterocycles. The van der Waals surface area contributed by atoms with Crippen LogP contribution in [0.3, 0.4) is 0 Å². The summed E-state index contributed by atoms with van der Waals surface area (Å²) in [5.41, 5.74) is 0. The highest BCUT2D eigenvalue weighted by atomic mass is 35.6. The van der Waals surface area contributed by atoms with Gasteiger partial charge >= 0.3 is 18.2 Å². The van der Waals surface area contributed by atoms with Crippen LogP contribution in [0.1, 0.15) is 0 Å². The van der Waals surface area contributed by atoms with Gasteiger partial charge in [0.15, 0.2) is 0 Å². The molecule has 0 amide bonds. The van der Waals surface area contributed by atoms with E-state index < -0.39 is 18.2 Å². The SMILES string of the molecule is [CH2]F.[Cl][Mg][Cl]. The van der Waals surface area contributed by atoms with Gasteiger partial charge in [-0.1, -0.05) is 0 Å². The molecule has 0 N–H and O–H groups in total. The zero-order chi connectivity index (χ0) is 4.71. The summed E-state index contributed by atoms with van der Waals surface area (Å²) >= 11 is -0.639. The van der Waals surface area contributed by atoms with E-state index in [2.05, 4.69) is 0 Å². The van der Waals surface area contributed by atoms with Gasteiger partial charge < -0.3 is 18.1 Å². The molecular formula is CH2Cl2FMg. The second-order valence-corrected chi connectivity index (χ2v) is 2.73. The van der Waals surface area contributed by atoms with E-state index in [4.69, 9.17) is 18.1 Å². The lowest BCUT2D eigenvalue weighted by Crippen LogP contribution is -1.36. The number of halogens is 3. The minimum absolute atomic E-state index is 0.639. The van der Waals surface area contributed by atoms with Crippen LogP contribution in [0.4, 0.5) is 4.39 Å². The molecule has 0 unspecified atom stereocenters. The second kappa shape index (κ2) is 18.6. The van der Waals surface area contributed by atoms with Gasteiger partial charge in [0, 0.05) is 0 Å². The fraction of sp³-hybridized carbons (Fsp3) is 0. The summed E-state index contributed by atoms with van der Waals surface area (Å²) in [7, 11) is 11.6. The van der Waals surface area contributed by atoms with Crippen molar-refractivity contribution in [1.82, 2.24) is 0 Å². The maximum Gasteiger partial charge on any atom is 0.618 e. The van der Waals surface area contributed by atoms with Crippen LogP contribution in [-0.2, 0) is 0 Å². The van der Waals surface area contributed by atoms with E-state index in [1.807, 2.05) is 0 Å². The Morgan fingerprint density at radius 2 is 1.40 bits per heavy atom. The van der Waals surface area contributed by atoms with Crippen LogP contribution >= 0.6 is 18.1 Å². The van der Waals surface area contributed by atoms with Gasteiger partial charge in [-0.2, -0.15) is 0 Å². The fourth-order valence-corrected chi connectivity index (χ4v) is 0. The molecule has 0 aromatic rings. The lowest BCUT2D eigenvalue weighted by Gasteiger charge is -1.33. The summed E-state index contributed by atoms with van der Waals surface area (Å²) in [6, 6.07) is 0. The van der Waals surface area contributed by atoms with E-state index in [1.165, 1.54) is 0 Å². The normalized spacial score (nSPS) is 3.20. The summed E-state index contributed by atoms with van der Waals surface area (Å²) in [6.45, 7) is 0. The molecule has 5 heavy (non-hydrogen) atoms. The Bertz CT molecular complexity index is 9.61. The minimum Gasteiger partial charge on any atom is -0.309 e. The monoisotopic (exact) mass is 127 g/mol. The third kappa shape index (κ3) is 34.8. The van der Waals surface area contributed by atoms with Crippen molar-refractivity contribution in [2.24, 2.45) is 0 Å². The summed E-state index contributed by atoms with van der Waals surface area (Å²) in [5, 5.41) is 0. The molecule has 0 spiro atoms. The third-order valence-corrected chi connectivity index (χ3v) is 0. The first-order valence-electron chi connectivity index (χ1n) is 0.802. The van der Waals surface area contributed by atoms with Crippen molar-refractivity contribution >= 4 is 36.3 Å². The molecule has 0 saturated heterocycles. The molecule has 0 rings (SSSR count). The maximum absolute atomic E-state index is 9.25. The van der Waals surface area contributed by atoms with Crippen LogP contribution in [0.25, 0.3) is 0 Å². The van der Waals surface area contributed by atoms with Crippen LogP contribution in [0, 0.1) is 7.18 Å². The van der Waals surface area contributed by atoms with Crippen molar-refractivity contribution < 1.29 is 4.39 Å². The Kier molecular flexibility index (Phi) is 35.6. The predicted octanol–water partition coefficient (Wildman–Crippen LogP) is 1.75. The molecule has 1 radical (unpaired) electrons. The van der Waals surface area contributed by atoms with Crippen molar-refractivity contribution in [3.05, 3.63) is 7.18 Å². The predicted molar refractivity (Wildman–Crippen MR) is 23.9 cm³/mol. The van der Waals surface area contributed by atoms with E-state index >= 15 is 0 Å². The number of rotatable bonds is 0. The highest BCUT2D eigenvalue weighted by Crippen LogP contribution is 1.67. The molecule has 0 saturated carbocycles. The molecule has 0 aliphatic heterocycles. The molecule has 0 aromatic carbocycles. The second-order valence-electron chi connectivity index (χ2n) is 0.101. The summed E-state index contributed by atoms with van der Waals surface area (Å²) in [6.07, 6.45) is 0. The standard InChI is InChI=1S/CH2F.2ClH.Mg/c1-2;;;/h1H2;2*1H;/q;;;+2/p-2. The zero-order valence-corrected chi connectivity index (χ0v) is 5.47. The molecular weight excluding hydrogens is 126 g/mol. The van der Waals surface area contributed by atoms with E-state index in [0.29, 0.717) is 0 Å². The quantitative estimate of drug-likeness (QED) is 0.436. The molecule has 4 heteroatoms. The van der Waals surface area contributed by atoms with Crippen LogP contribution < -0.4 is 0 Å². The minimum atomic E-state index is -0.639. The smallest absolute Gasteiger partial charge is 0.309 e. The molecule has 29 valence electrons. The third-order valence-electron chi connectivity index (χ3n) is 0. The molecule has 0 nitrogen and oxygen atoms in total. The van der Waals surface area contributed by atoms with Gasteiger partial charge in [-0.25, -0.2) is 4.39 Å². The molecule has 0 aliphatic rings. The van der Waals surface area contributed by atoms with Crippen molar-refractivity contribution in [2.75, 3.05) is 0 Å². The lowest BCUT2D eigenvalue weighted by molar-refractivity contribution is 0.713. The van der Waals surface area contributed by atoms with E-state index in [-0.39, 0.29) is 0 Å². The first-order chi connectivity index (χ1) is 2.41. The van der Waals surface area contributed by atoms with E-state index in [9.17, 15) is 4.39 Å². The number of hydrogen-bond donors (Lipinski definition) is 0. The Hall–Kier alpha value is 1.28. The highest BCUT2D eigenvalue weighted by Gasteiger charge is 1.64. The summed E-state index contributed by atoms with van der Waals surface area (Å²) in [5.74, 6) is 0. The van der Waals surface area contributed by atoms with E-state index in [0.717, 1.165) is 0 Å². The average Bonchev–Trinajstić information content (AvgIpc) is 1.46. The van der Waals surface area contributed by atoms with Crippen molar-refractivity contribution in [1.29, 1.82) is 0 Å². The van der Waals surface area contributed by atoms with Crippen molar-refractivity contribution in [2.45, 2.75) is 0 Å². The maximum atomic E-state index is 9.25. The van der Waals surface area contributed by atoms with Gasteiger partial charge in [-0.15, -0.1) is 0 Å². The van der Waals surface area contributed by atoms with Crippen molar-refractivity contribution in [3.8, 4) is 0 Å². The Labute approximate surface area is 47.9 Å². The highest BCUT2D eigenvalue weighted by molar-refractivity contribution is 7.22. The van der Waals surface area contributed by atoms with Gasteiger partial charge in [-0.3, -0.25) is 0 Å². The lowest BCUT2D eigenvalue weighted by atomic mass is 11.9. The zero-order valence-electron chi connectivity index (χ0n) is 2.55. The van der Waals surface area contributed by atoms with Crippen LogP contribution in [-0.4, -0.2) is 18.2 Å². The molecule has 0 atom stereocenters. The molecule has 0 aliphatic carbocycles. The van der Waals surface area contributed by atoms with Gasteiger partial charge in [0.2, 0.25) is 0 Å². The van der Waals surface area contributed by atoms with Gasteiger partial charge in [0.1, 0.15) is 7.18 Å². The number of hydrogen-bond acceptors (Lipinski definition) is 0.